The van der Waals surface area contributed by atoms with Gasteiger partial charge < -0.3 is 40.9 Å². The Morgan fingerprint density at radius 2 is 1.34 bits per heavy atom. The lowest BCUT2D eigenvalue weighted by atomic mass is 10.1. The molecule has 0 bridgehead atoms. The zero-order valence-electron chi connectivity index (χ0n) is 20.2. The molecule has 0 aromatic rings. The molecule has 4 unspecified atom stereocenters. The van der Waals surface area contributed by atoms with Crippen molar-refractivity contribution in [1.29, 1.82) is 0 Å². The third kappa shape index (κ3) is 10.1. The highest BCUT2D eigenvalue weighted by molar-refractivity contribution is 5.90. The highest BCUT2D eigenvalue weighted by Gasteiger charge is 2.37. The van der Waals surface area contributed by atoms with Crippen LogP contribution in [0.1, 0.15) is 25.7 Å². The first-order valence-electron chi connectivity index (χ1n) is 11.4. The molecule has 2 fully saturated rings. The molecule has 216 valence electrons. The molecule has 2 amide bonds. The maximum Gasteiger partial charge on any atom is 0.326 e. The van der Waals surface area contributed by atoms with Crippen LogP contribution in [0, 0.1) is 0 Å². The fourth-order valence-electron chi connectivity index (χ4n) is 3.91. The number of aliphatic carboxylic acids is 4. The molecular formula is C20H32N4O14. The molecule has 2 aliphatic rings. The molecule has 0 aromatic carbocycles. The van der Waals surface area contributed by atoms with Gasteiger partial charge in [-0.2, -0.15) is 0 Å². The van der Waals surface area contributed by atoms with Crippen molar-refractivity contribution >= 4 is 35.7 Å². The summed E-state index contributed by atoms with van der Waals surface area (Å²) in [7, 11) is 0. The van der Waals surface area contributed by atoms with Gasteiger partial charge in [0.2, 0.25) is 11.8 Å². The van der Waals surface area contributed by atoms with Gasteiger partial charge in [-0.15, -0.1) is 0 Å². The Hall–Kier alpha value is -3.42. The molecule has 8 N–H and O–H groups in total. The van der Waals surface area contributed by atoms with Gasteiger partial charge in [0.05, 0.1) is 32.1 Å². The van der Waals surface area contributed by atoms with Crippen LogP contribution in [-0.2, 0) is 38.5 Å². The van der Waals surface area contributed by atoms with Crippen molar-refractivity contribution in [2.24, 2.45) is 0 Å². The van der Waals surface area contributed by atoms with Crippen LogP contribution < -0.4 is 10.6 Å². The summed E-state index contributed by atoms with van der Waals surface area (Å²) in [6.07, 6.45) is -0.857. The predicted octanol–water partition coefficient (Wildman–Crippen LogP) is -2.81. The molecule has 0 aliphatic carbocycles. The van der Waals surface area contributed by atoms with E-state index in [9.17, 15) is 28.8 Å². The van der Waals surface area contributed by atoms with Crippen LogP contribution in [0.5, 0.6) is 0 Å². The highest BCUT2D eigenvalue weighted by atomic mass is 17.1. The zero-order chi connectivity index (χ0) is 28.8. The van der Waals surface area contributed by atoms with Gasteiger partial charge in [-0.3, -0.25) is 29.7 Å². The number of carboxylic acids is 4. The molecule has 2 aliphatic heterocycles. The Kier molecular flexibility index (Phi) is 14.1. The molecule has 18 nitrogen and oxygen atoms in total. The summed E-state index contributed by atoms with van der Waals surface area (Å²) in [5, 5.41) is 57.6. The molecule has 0 spiro atoms. The lowest BCUT2D eigenvalue weighted by Crippen LogP contribution is -2.60. The maximum absolute atomic E-state index is 12.0. The highest BCUT2D eigenvalue weighted by Crippen LogP contribution is 2.13. The summed E-state index contributed by atoms with van der Waals surface area (Å²) >= 11 is 0. The smallest absolute Gasteiger partial charge is 0.326 e. The molecule has 38 heavy (non-hydrogen) atoms. The van der Waals surface area contributed by atoms with Crippen molar-refractivity contribution < 1.29 is 69.5 Å². The minimum atomic E-state index is -1.22. The van der Waals surface area contributed by atoms with Crippen molar-refractivity contribution in [1.82, 2.24) is 20.4 Å². The minimum Gasteiger partial charge on any atom is -0.481 e. The third-order valence-corrected chi connectivity index (χ3v) is 5.73. The van der Waals surface area contributed by atoms with E-state index in [2.05, 4.69) is 20.4 Å². The Morgan fingerprint density at radius 3 is 1.82 bits per heavy atom. The van der Waals surface area contributed by atoms with Crippen LogP contribution in [0.2, 0.25) is 0 Å². The SMILES string of the molecule is O=C(O)C1CC(=O)N(C(CCOO)C(=O)O)CCN1.O=C(O)CC1NCCN(C(CCOO)C(=O)O)C1=O. The van der Waals surface area contributed by atoms with Crippen LogP contribution in [0.25, 0.3) is 0 Å². The van der Waals surface area contributed by atoms with Gasteiger partial charge >= 0.3 is 23.9 Å². The van der Waals surface area contributed by atoms with Gasteiger partial charge in [-0.05, 0) is 0 Å². The van der Waals surface area contributed by atoms with E-state index < -0.39 is 66.3 Å². The van der Waals surface area contributed by atoms with E-state index in [0.717, 1.165) is 9.80 Å². The van der Waals surface area contributed by atoms with E-state index in [1.165, 1.54) is 0 Å². The molecule has 4 atom stereocenters. The lowest BCUT2D eigenvalue weighted by molar-refractivity contribution is -0.244. The van der Waals surface area contributed by atoms with Gasteiger partial charge in [0.15, 0.2) is 0 Å². The Balaban J connectivity index is 0.000000380. The van der Waals surface area contributed by atoms with Gasteiger partial charge in [-0.25, -0.2) is 19.4 Å². The minimum absolute atomic E-state index is 0.0721. The number of rotatable bonds is 13. The summed E-state index contributed by atoms with van der Waals surface area (Å²) in [4.78, 5) is 77.4. The molecule has 0 saturated carbocycles. The van der Waals surface area contributed by atoms with Gasteiger partial charge in [0.25, 0.3) is 0 Å². The zero-order valence-corrected chi connectivity index (χ0v) is 20.2. The number of piperazine rings is 1. The number of hydrogen-bond donors (Lipinski definition) is 8. The van der Waals surface area contributed by atoms with Gasteiger partial charge in [0.1, 0.15) is 18.1 Å². The second-order valence-corrected chi connectivity index (χ2v) is 8.22. The Labute approximate surface area is 215 Å². The summed E-state index contributed by atoms with van der Waals surface area (Å²) in [6.45, 7) is 0.302. The number of carbonyl (C=O) groups excluding carboxylic acids is 2. The van der Waals surface area contributed by atoms with Crippen molar-refractivity contribution in [3.63, 3.8) is 0 Å². The summed E-state index contributed by atoms with van der Waals surface area (Å²) in [5.74, 6) is -5.86. The first kappa shape index (κ1) is 32.6. The van der Waals surface area contributed by atoms with Crippen molar-refractivity contribution in [2.45, 2.75) is 49.9 Å². The molecule has 2 heterocycles. The third-order valence-electron chi connectivity index (χ3n) is 5.73. The quantitative estimate of drug-likeness (QED) is 0.0845. The second kappa shape index (κ2) is 16.4. The summed E-state index contributed by atoms with van der Waals surface area (Å²) < 4.78 is 0. The molecule has 18 heteroatoms. The topological polar surface area (TPSA) is 273 Å². The average Bonchev–Trinajstić information content (AvgIpc) is 3.03. The predicted molar refractivity (Wildman–Crippen MR) is 121 cm³/mol. The van der Waals surface area contributed by atoms with Crippen LogP contribution in [-0.4, -0.2) is 140 Å². The normalized spacial score (nSPS) is 21.5. The van der Waals surface area contributed by atoms with Crippen LogP contribution in [0.15, 0.2) is 0 Å². The summed E-state index contributed by atoms with van der Waals surface area (Å²) in [5.41, 5.74) is 0. The molecule has 2 saturated heterocycles. The summed E-state index contributed by atoms with van der Waals surface area (Å²) in [6, 6.07) is -4.23. The Bertz CT molecular complexity index is 832. The molecular weight excluding hydrogens is 520 g/mol. The standard InChI is InChI=1S/2C10H16N2O7/c13-8(14)5-6-9(15)12(3-2-11-6)7(10(16)17)1-4-19-18;13-8-5-6(9(14)15)11-2-3-12(8)7(10(16)17)1-4-19-18/h6-7,11,18H,1-5H2,(H,13,14)(H,16,17);6-7,11,18H,1-5H2,(H,14,15)(H,16,17). The van der Waals surface area contributed by atoms with Crippen LogP contribution in [0.4, 0.5) is 0 Å². The lowest BCUT2D eigenvalue weighted by Gasteiger charge is -2.36. The molecule has 2 rings (SSSR count). The molecule has 0 aromatic heterocycles. The maximum atomic E-state index is 12.0. The van der Waals surface area contributed by atoms with Crippen molar-refractivity contribution in [3.8, 4) is 0 Å². The first-order chi connectivity index (χ1) is 17.9. The number of carboxylic acid groups (broad SMARTS) is 4. The largest absolute Gasteiger partial charge is 0.481 e. The number of carbonyl (C=O) groups is 6. The number of nitrogens with zero attached hydrogens (tertiary/aromatic N) is 2. The van der Waals surface area contributed by atoms with Gasteiger partial charge in [-0.1, -0.05) is 0 Å². The fourth-order valence-corrected chi connectivity index (χ4v) is 3.91. The number of amides is 2. The molecule has 0 radical (unpaired) electrons. The average molecular weight is 552 g/mol. The van der Waals surface area contributed by atoms with Crippen molar-refractivity contribution in [3.05, 3.63) is 0 Å². The van der Waals surface area contributed by atoms with E-state index in [0.29, 0.717) is 6.54 Å². The number of nitrogens with one attached hydrogen (secondary N) is 2. The van der Waals surface area contributed by atoms with E-state index in [-0.39, 0.29) is 52.1 Å². The van der Waals surface area contributed by atoms with E-state index >= 15 is 0 Å². The van der Waals surface area contributed by atoms with Gasteiger partial charge in [0, 0.05) is 39.0 Å². The van der Waals surface area contributed by atoms with Crippen LogP contribution >= 0.6 is 0 Å². The first-order valence-corrected chi connectivity index (χ1v) is 11.4. The van der Waals surface area contributed by atoms with E-state index in [4.69, 9.17) is 30.9 Å². The van der Waals surface area contributed by atoms with E-state index in [1.54, 1.807) is 0 Å². The monoisotopic (exact) mass is 552 g/mol. The second-order valence-electron chi connectivity index (χ2n) is 8.22. The van der Waals surface area contributed by atoms with E-state index in [1.807, 2.05) is 0 Å². The van der Waals surface area contributed by atoms with Crippen molar-refractivity contribution in [2.75, 3.05) is 39.4 Å². The Morgan fingerprint density at radius 1 is 0.842 bits per heavy atom. The fraction of sp³-hybridized carbons (Fsp3) is 0.700. The van der Waals surface area contributed by atoms with Crippen LogP contribution in [0.3, 0.4) is 0 Å². The number of hydrogen-bond acceptors (Lipinski definition) is 12.